The van der Waals surface area contributed by atoms with Gasteiger partial charge in [0.25, 0.3) is 0 Å². The Labute approximate surface area is 94.5 Å². The summed E-state index contributed by atoms with van der Waals surface area (Å²) in [5.41, 5.74) is 12.1. The number of nitrogens with two attached hydrogens (primary N) is 1. The summed E-state index contributed by atoms with van der Waals surface area (Å²) in [4.78, 5) is 0. The minimum absolute atomic E-state index is 0.580. The monoisotopic (exact) mass is 213 g/mol. The fourth-order valence-electron chi connectivity index (χ4n) is 1.71. The van der Waals surface area contributed by atoms with Gasteiger partial charge in [-0.05, 0) is 47.9 Å². The largest absolute Gasteiger partial charge is 0.761 e. The average molecular weight is 213 g/mol. The first-order valence-electron chi connectivity index (χ1n) is 5.05. The minimum Gasteiger partial charge on any atom is -0.761 e. The van der Waals surface area contributed by atoms with Crippen molar-refractivity contribution < 1.29 is 0 Å². The van der Waals surface area contributed by atoms with E-state index < -0.39 is 0 Å². The Kier molecular flexibility index (Phi) is 2.79. The molecule has 0 saturated heterocycles. The molecule has 0 atom stereocenters. The molecule has 0 unspecified atom stereocenters. The number of aryl methyl sites for hydroxylation is 1. The molecule has 3 nitrogen and oxygen atoms in total. The van der Waals surface area contributed by atoms with Crippen LogP contribution in [-0.2, 0) is 0 Å². The van der Waals surface area contributed by atoms with Crippen molar-refractivity contribution in [2.75, 3.05) is 11.2 Å². The van der Waals surface area contributed by atoms with Gasteiger partial charge in [0.1, 0.15) is 0 Å². The van der Waals surface area contributed by atoms with Crippen LogP contribution in [-0.4, -0.2) is 0 Å². The third-order valence-corrected chi connectivity index (χ3v) is 2.57. The molecule has 0 fully saturated rings. The summed E-state index contributed by atoms with van der Waals surface area (Å²) in [6.07, 6.45) is 0. The van der Waals surface area contributed by atoms with Crippen molar-refractivity contribution in [1.82, 2.24) is 0 Å². The van der Waals surface area contributed by atoms with Crippen LogP contribution in [0.2, 0.25) is 0 Å². The topological polar surface area (TPSA) is 61.1 Å². The molecule has 0 heterocycles. The highest BCUT2D eigenvalue weighted by atomic mass is 16.5. The first kappa shape index (κ1) is 10.5. The second-order valence-electron chi connectivity index (χ2n) is 3.75. The molecule has 0 aliphatic carbocycles. The van der Waals surface area contributed by atoms with E-state index in [9.17, 15) is 5.21 Å². The van der Waals surface area contributed by atoms with Crippen LogP contribution >= 0.6 is 0 Å². The first-order chi connectivity index (χ1) is 7.70. The van der Waals surface area contributed by atoms with E-state index in [4.69, 9.17) is 5.73 Å². The highest BCUT2D eigenvalue weighted by molar-refractivity contribution is 5.71. The van der Waals surface area contributed by atoms with Gasteiger partial charge >= 0.3 is 0 Å². The number of anilines is 2. The van der Waals surface area contributed by atoms with Gasteiger partial charge in [0, 0.05) is 11.4 Å². The molecule has 0 radical (unpaired) electrons. The SMILES string of the molecule is Cc1cc(N[O-])ccc1-c1ccc(N)cc1. The Morgan fingerprint density at radius 3 is 2.31 bits per heavy atom. The van der Waals surface area contributed by atoms with Gasteiger partial charge in [-0.1, -0.05) is 18.2 Å². The van der Waals surface area contributed by atoms with Crippen molar-refractivity contribution in [2.45, 2.75) is 6.92 Å². The van der Waals surface area contributed by atoms with Crippen LogP contribution in [0.3, 0.4) is 0 Å². The third-order valence-electron chi connectivity index (χ3n) is 2.57. The van der Waals surface area contributed by atoms with Crippen molar-refractivity contribution in [1.29, 1.82) is 0 Å². The van der Waals surface area contributed by atoms with E-state index in [2.05, 4.69) is 0 Å². The zero-order valence-electron chi connectivity index (χ0n) is 9.03. The lowest BCUT2D eigenvalue weighted by Gasteiger charge is -2.13. The number of hydrogen-bond donors (Lipinski definition) is 2. The zero-order chi connectivity index (χ0) is 11.5. The second kappa shape index (κ2) is 4.24. The summed E-state index contributed by atoms with van der Waals surface area (Å²) in [7, 11) is 0. The van der Waals surface area contributed by atoms with Gasteiger partial charge in [-0.3, -0.25) is 0 Å². The molecule has 3 heteroatoms. The fourth-order valence-corrected chi connectivity index (χ4v) is 1.71. The van der Waals surface area contributed by atoms with E-state index in [0.717, 1.165) is 22.4 Å². The van der Waals surface area contributed by atoms with Gasteiger partial charge in [0.2, 0.25) is 0 Å². The van der Waals surface area contributed by atoms with E-state index >= 15 is 0 Å². The van der Waals surface area contributed by atoms with Crippen molar-refractivity contribution >= 4 is 11.4 Å². The predicted octanol–water partition coefficient (Wildman–Crippen LogP) is 3.15. The molecule has 16 heavy (non-hydrogen) atoms. The summed E-state index contributed by atoms with van der Waals surface area (Å²) in [5.74, 6) is 0. The summed E-state index contributed by atoms with van der Waals surface area (Å²) < 4.78 is 0. The van der Waals surface area contributed by atoms with Crippen LogP contribution in [0.15, 0.2) is 42.5 Å². The quantitative estimate of drug-likeness (QED) is 0.595. The Balaban J connectivity index is 2.44. The van der Waals surface area contributed by atoms with Crippen LogP contribution < -0.4 is 11.2 Å². The van der Waals surface area contributed by atoms with Crippen LogP contribution in [0.5, 0.6) is 0 Å². The Morgan fingerprint density at radius 2 is 1.75 bits per heavy atom. The smallest absolute Gasteiger partial charge is 0.0314 e. The molecule has 0 saturated carbocycles. The van der Waals surface area contributed by atoms with E-state index in [0.29, 0.717) is 5.69 Å². The summed E-state index contributed by atoms with van der Waals surface area (Å²) in [6, 6.07) is 13.2. The maximum atomic E-state index is 10.5. The molecule has 2 rings (SSSR count). The average Bonchev–Trinajstić information content (AvgIpc) is 2.30. The lowest BCUT2D eigenvalue weighted by atomic mass is 10.00. The molecule has 0 aliphatic heterocycles. The van der Waals surface area contributed by atoms with Crippen LogP contribution in [0.25, 0.3) is 11.1 Å². The molecule has 2 aromatic rings. The maximum absolute atomic E-state index is 10.5. The summed E-state index contributed by atoms with van der Waals surface area (Å²) in [6.45, 7) is 1.98. The number of hydrogen-bond acceptors (Lipinski definition) is 3. The number of benzene rings is 2. The molecule has 0 aromatic heterocycles. The summed E-state index contributed by atoms with van der Waals surface area (Å²) in [5, 5.41) is 10.5. The van der Waals surface area contributed by atoms with Crippen molar-refractivity contribution in [3.63, 3.8) is 0 Å². The molecule has 0 spiro atoms. The lowest BCUT2D eigenvalue weighted by Crippen LogP contribution is -1.89. The van der Waals surface area contributed by atoms with Crippen molar-refractivity contribution in [3.8, 4) is 11.1 Å². The lowest BCUT2D eigenvalue weighted by molar-refractivity contribution is 1.44. The molecule has 3 N–H and O–H groups in total. The fraction of sp³-hybridized carbons (Fsp3) is 0.0769. The highest BCUT2D eigenvalue weighted by Gasteiger charge is 2.01. The van der Waals surface area contributed by atoms with Gasteiger partial charge < -0.3 is 16.4 Å². The van der Waals surface area contributed by atoms with Crippen molar-refractivity contribution in [2.24, 2.45) is 0 Å². The Hall–Kier alpha value is -2.00. The molecule has 0 aliphatic rings. The predicted molar refractivity (Wildman–Crippen MR) is 68.0 cm³/mol. The molecule has 0 bridgehead atoms. The Bertz CT molecular complexity index is 492. The van der Waals surface area contributed by atoms with Gasteiger partial charge in [-0.2, -0.15) is 0 Å². The maximum Gasteiger partial charge on any atom is 0.0314 e. The number of nitrogen functional groups attached to an aromatic ring is 1. The third kappa shape index (κ3) is 1.99. The second-order valence-corrected chi connectivity index (χ2v) is 3.75. The van der Waals surface area contributed by atoms with Gasteiger partial charge in [-0.15, -0.1) is 0 Å². The van der Waals surface area contributed by atoms with Crippen LogP contribution in [0.4, 0.5) is 11.4 Å². The summed E-state index contributed by atoms with van der Waals surface area (Å²) >= 11 is 0. The molecular weight excluding hydrogens is 200 g/mol. The first-order valence-corrected chi connectivity index (χ1v) is 5.05. The van der Waals surface area contributed by atoms with E-state index in [-0.39, 0.29) is 0 Å². The van der Waals surface area contributed by atoms with Crippen LogP contribution in [0, 0.1) is 12.1 Å². The van der Waals surface area contributed by atoms with Crippen molar-refractivity contribution in [3.05, 3.63) is 53.2 Å². The molecule has 82 valence electrons. The standard InChI is InChI=1S/C13H13N2O/c1-9-8-12(15-16)6-7-13(9)10-2-4-11(14)5-3-10/h2-8,15H,14H2,1H3/q-1. The van der Waals surface area contributed by atoms with Gasteiger partial charge in [0.05, 0.1) is 0 Å². The van der Waals surface area contributed by atoms with Gasteiger partial charge in [-0.25, -0.2) is 0 Å². The van der Waals surface area contributed by atoms with E-state index in [1.807, 2.05) is 48.8 Å². The van der Waals surface area contributed by atoms with Gasteiger partial charge in [0.15, 0.2) is 0 Å². The molecule has 0 amide bonds. The van der Waals surface area contributed by atoms with Crippen LogP contribution in [0.1, 0.15) is 5.56 Å². The van der Waals surface area contributed by atoms with E-state index in [1.54, 1.807) is 6.07 Å². The number of rotatable bonds is 2. The molecule has 2 aromatic carbocycles. The highest BCUT2D eigenvalue weighted by Crippen LogP contribution is 2.26. The normalized spacial score (nSPS) is 10.1. The Morgan fingerprint density at radius 1 is 1.06 bits per heavy atom. The van der Waals surface area contributed by atoms with E-state index in [1.165, 1.54) is 0 Å². The minimum atomic E-state index is 0.580. The number of nitrogens with one attached hydrogen (secondary N) is 1. The zero-order valence-corrected chi connectivity index (χ0v) is 9.03. The molecular formula is C13H13N2O-.